The highest BCUT2D eigenvalue weighted by atomic mass is 16.7. The number of aryl methyl sites for hydroxylation is 1. The quantitative estimate of drug-likeness (QED) is 0.0962. The Balaban J connectivity index is 1.49. The number of piperidine rings is 2. The van der Waals surface area contributed by atoms with Crippen LogP contribution in [0.2, 0.25) is 0 Å². The summed E-state index contributed by atoms with van der Waals surface area (Å²) in [5.41, 5.74) is 3.69. The Hall–Kier alpha value is -4.14. The summed E-state index contributed by atoms with van der Waals surface area (Å²) in [4.78, 5) is 51.0. The van der Waals surface area contributed by atoms with E-state index in [1.165, 1.54) is 39.2 Å². The average molecular weight is 769 g/mol. The highest BCUT2D eigenvalue weighted by Gasteiger charge is 2.54. The van der Waals surface area contributed by atoms with E-state index < -0.39 is 67.1 Å². The molecule has 1 spiro atoms. The second kappa shape index (κ2) is 20.1. The van der Waals surface area contributed by atoms with Gasteiger partial charge in [-0.2, -0.15) is 0 Å². The Bertz CT molecular complexity index is 1570. The van der Waals surface area contributed by atoms with Crippen LogP contribution in [-0.2, 0) is 54.0 Å². The van der Waals surface area contributed by atoms with Crippen molar-refractivity contribution in [3.05, 3.63) is 41.0 Å². The van der Waals surface area contributed by atoms with Gasteiger partial charge in [0.2, 0.25) is 12.4 Å². The molecule has 4 rings (SSSR count). The van der Waals surface area contributed by atoms with Crippen molar-refractivity contribution in [2.24, 2.45) is 17.3 Å². The van der Waals surface area contributed by atoms with E-state index in [2.05, 4.69) is 28.4 Å². The summed E-state index contributed by atoms with van der Waals surface area (Å²) in [7, 11) is 0. The van der Waals surface area contributed by atoms with Crippen LogP contribution in [0.15, 0.2) is 24.3 Å². The molecule has 14 nitrogen and oxygen atoms in total. The van der Waals surface area contributed by atoms with Crippen molar-refractivity contribution < 1.29 is 47.6 Å². The molecular weight excluding hydrogens is 708 g/mol. The topological polar surface area (TPSA) is 187 Å². The third-order valence-corrected chi connectivity index (χ3v) is 10.6. The molecular formula is C41H60N4O10. The highest BCUT2D eigenvalue weighted by molar-refractivity contribution is 6.02. The molecule has 3 heterocycles. The van der Waals surface area contributed by atoms with Gasteiger partial charge >= 0.3 is 23.9 Å². The standard InChI is InChI=1S/C41H60N4O10/c1-25(2)35(42)33(22-32-13-12-31(21-26(32)3)11-8-9-19-45-20-10-14-41(24-45)15-17-44-18-16-41)39(43)55-40-38(53-30(7)49)37(52-29(6)48)36(51-28(5)47)34(54-40)23-50-27(4)46/h8,11-13,21,25,33-34,36-38,40,42-44H,9-10,14-20,22-24H2,1-7H3. The zero-order chi connectivity index (χ0) is 40.3. The molecule has 14 heteroatoms. The van der Waals surface area contributed by atoms with E-state index in [1.807, 2.05) is 32.9 Å². The predicted octanol–water partition coefficient (Wildman–Crippen LogP) is 4.78. The average Bonchev–Trinajstić information content (AvgIpc) is 3.11. The maximum Gasteiger partial charge on any atom is 0.303 e. The maximum atomic E-state index is 12.3. The summed E-state index contributed by atoms with van der Waals surface area (Å²) in [6, 6.07) is 6.13. The zero-order valence-corrected chi connectivity index (χ0v) is 33.4. The van der Waals surface area contributed by atoms with Gasteiger partial charge in [0, 0.05) is 46.5 Å². The number of rotatable bonds is 15. The van der Waals surface area contributed by atoms with Crippen LogP contribution in [0.25, 0.3) is 6.08 Å². The summed E-state index contributed by atoms with van der Waals surface area (Å²) in [5.74, 6) is -4.37. The first kappa shape index (κ1) is 43.6. The number of ether oxygens (including phenoxy) is 6. The fourth-order valence-corrected chi connectivity index (χ4v) is 7.85. The normalized spacial score (nSPS) is 24.5. The Morgan fingerprint density at radius 1 is 0.927 bits per heavy atom. The second-order valence-electron chi connectivity index (χ2n) is 15.4. The van der Waals surface area contributed by atoms with E-state index in [0.29, 0.717) is 5.41 Å². The zero-order valence-electron chi connectivity index (χ0n) is 33.4. The Labute approximate surface area is 325 Å². The van der Waals surface area contributed by atoms with Crippen LogP contribution in [0.5, 0.6) is 0 Å². The number of carbonyl (C=O) groups is 4. The predicted molar refractivity (Wildman–Crippen MR) is 206 cm³/mol. The van der Waals surface area contributed by atoms with E-state index in [0.717, 1.165) is 70.1 Å². The molecule has 0 saturated carbocycles. The van der Waals surface area contributed by atoms with E-state index >= 15 is 0 Å². The summed E-state index contributed by atoms with van der Waals surface area (Å²) in [6.07, 6.45) is 3.70. The van der Waals surface area contributed by atoms with Crippen molar-refractivity contribution in [3.8, 4) is 0 Å². The van der Waals surface area contributed by atoms with Crippen LogP contribution in [-0.4, -0.2) is 110 Å². The van der Waals surface area contributed by atoms with Gasteiger partial charge in [0.15, 0.2) is 18.1 Å². The summed E-state index contributed by atoms with van der Waals surface area (Å²) in [5, 5.41) is 21.6. The van der Waals surface area contributed by atoms with Gasteiger partial charge in [-0.15, -0.1) is 0 Å². The van der Waals surface area contributed by atoms with Gasteiger partial charge < -0.3 is 44.0 Å². The summed E-state index contributed by atoms with van der Waals surface area (Å²) < 4.78 is 33.8. The molecule has 3 saturated heterocycles. The summed E-state index contributed by atoms with van der Waals surface area (Å²) in [6.45, 7) is 15.5. The van der Waals surface area contributed by atoms with Crippen LogP contribution in [0.3, 0.4) is 0 Å². The number of benzene rings is 1. The van der Waals surface area contributed by atoms with E-state index in [1.54, 1.807) is 0 Å². The molecule has 0 bridgehead atoms. The maximum absolute atomic E-state index is 12.3. The molecule has 1 aromatic rings. The van der Waals surface area contributed by atoms with Crippen LogP contribution in [0.4, 0.5) is 0 Å². The third-order valence-electron chi connectivity index (χ3n) is 10.6. The molecule has 0 amide bonds. The molecule has 3 aliphatic rings. The van der Waals surface area contributed by atoms with Gasteiger partial charge in [-0.25, -0.2) is 0 Å². The molecule has 0 aromatic heterocycles. The first-order valence-electron chi connectivity index (χ1n) is 19.4. The van der Waals surface area contributed by atoms with E-state index in [-0.39, 0.29) is 23.9 Å². The molecule has 0 aliphatic carbocycles. The van der Waals surface area contributed by atoms with Crippen LogP contribution in [0.1, 0.15) is 90.3 Å². The lowest BCUT2D eigenvalue weighted by Crippen LogP contribution is -2.63. The van der Waals surface area contributed by atoms with Gasteiger partial charge in [-0.1, -0.05) is 44.2 Å². The van der Waals surface area contributed by atoms with Crippen molar-refractivity contribution in [2.75, 3.05) is 39.3 Å². The largest absolute Gasteiger partial charge is 0.463 e. The first-order chi connectivity index (χ1) is 26.1. The number of nitrogens with one attached hydrogen (secondary N) is 3. The van der Waals surface area contributed by atoms with E-state index in [4.69, 9.17) is 39.2 Å². The minimum Gasteiger partial charge on any atom is -0.463 e. The van der Waals surface area contributed by atoms with Crippen LogP contribution in [0, 0.1) is 35.0 Å². The van der Waals surface area contributed by atoms with Gasteiger partial charge in [0.05, 0.1) is 5.92 Å². The van der Waals surface area contributed by atoms with Gasteiger partial charge in [0.25, 0.3) is 0 Å². The van der Waals surface area contributed by atoms with Crippen molar-refractivity contribution in [1.29, 1.82) is 10.8 Å². The van der Waals surface area contributed by atoms with Crippen molar-refractivity contribution >= 4 is 41.6 Å². The van der Waals surface area contributed by atoms with Crippen LogP contribution >= 0.6 is 0 Å². The van der Waals surface area contributed by atoms with E-state index in [9.17, 15) is 19.2 Å². The fourth-order valence-electron chi connectivity index (χ4n) is 7.85. The third kappa shape index (κ3) is 12.7. The smallest absolute Gasteiger partial charge is 0.303 e. The molecule has 304 valence electrons. The lowest BCUT2D eigenvalue weighted by Gasteiger charge is -2.45. The molecule has 55 heavy (non-hydrogen) atoms. The van der Waals surface area contributed by atoms with Gasteiger partial charge in [-0.3, -0.25) is 24.6 Å². The first-order valence-corrected chi connectivity index (χ1v) is 19.4. The van der Waals surface area contributed by atoms with Crippen molar-refractivity contribution in [1.82, 2.24) is 10.2 Å². The number of hydrogen-bond acceptors (Lipinski definition) is 14. The molecule has 6 unspecified atom stereocenters. The lowest BCUT2D eigenvalue weighted by molar-refractivity contribution is -0.292. The fraction of sp³-hybridized carbons (Fsp3) is 0.659. The van der Waals surface area contributed by atoms with Crippen molar-refractivity contribution in [3.63, 3.8) is 0 Å². The molecule has 0 radical (unpaired) electrons. The Kier molecular flexibility index (Phi) is 16.0. The molecule has 1 aromatic carbocycles. The number of esters is 4. The number of carbonyl (C=O) groups excluding carboxylic acids is 4. The summed E-state index contributed by atoms with van der Waals surface area (Å²) >= 11 is 0. The molecule has 3 aliphatic heterocycles. The van der Waals surface area contributed by atoms with Gasteiger partial charge in [-0.05, 0) is 93.1 Å². The molecule has 6 atom stereocenters. The van der Waals surface area contributed by atoms with Gasteiger partial charge in [0.1, 0.15) is 12.7 Å². The minimum atomic E-state index is -1.56. The van der Waals surface area contributed by atoms with Crippen molar-refractivity contribution in [2.45, 2.75) is 118 Å². The Morgan fingerprint density at radius 3 is 2.20 bits per heavy atom. The minimum absolute atomic E-state index is 0.239. The molecule has 3 N–H and O–H groups in total. The lowest BCUT2D eigenvalue weighted by atomic mass is 9.73. The molecule has 3 fully saturated rings. The highest BCUT2D eigenvalue weighted by Crippen LogP contribution is 2.38. The Morgan fingerprint density at radius 2 is 1.58 bits per heavy atom. The monoisotopic (exact) mass is 768 g/mol. The number of nitrogens with zero attached hydrogens (tertiary/aromatic N) is 1. The van der Waals surface area contributed by atoms with Crippen LogP contribution < -0.4 is 5.32 Å². The number of hydrogen-bond donors (Lipinski definition) is 3. The number of likely N-dealkylation sites (tertiary alicyclic amines) is 1. The second-order valence-corrected chi connectivity index (χ2v) is 15.4. The SMILES string of the molecule is CC(=O)OCC1OC(OC(=N)C(Cc2ccc(C=CCCN3CCCC4(CCNCC4)C3)cc2C)C(=N)C(C)C)C(OC(C)=O)C(OC(C)=O)C1OC(C)=O.